The summed E-state index contributed by atoms with van der Waals surface area (Å²) in [6, 6.07) is 0.453. The van der Waals surface area contributed by atoms with Crippen LogP contribution in [0.5, 0.6) is 0 Å². The van der Waals surface area contributed by atoms with Crippen LogP contribution in [0.1, 0.15) is 46.0 Å². The first-order chi connectivity index (χ1) is 6.02. The molecule has 2 rings (SSSR count). The second-order valence-corrected chi connectivity index (χ2v) is 5.56. The molecule has 0 aromatic heterocycles. The van der Waals surface area contributed by atoms with E-state index < -0.39 is 0 Å². The van der Waals surface area contributed by atoms with Gasteiger partial charge in [-0.05, 0) is 51.4 Å². The molecular formula is C11H21NO. The van der Waals surface area contributed by atoms with Gasteiger partial charge in [0.15, 0.2) is 0 Å². The van der Waals surface area contributed by atoms with Crippen molar-refractivity contribution in [2.24, 2.45) is 11.1 Å². The SMILES string of the molecule is CC1(C)CC2(CCC(N)CC2)CO1. The minimum Gasteiger partial charge on any atom is -0.375 e. The van der Waals surface area contributed by atoms with E-state index in [4.69, 9.17) is 10.5 Å². The van der Waals surface area contributed by atoms with E-state index in [-0.39, 0.29) is 5.60 Å². The smallest absolute Gasteiger partial charge is 0.0632 e. The van der Waals surface area contributed by atoms with Crippen LogP contribution in [-0.2, 0) is 4.74 Å². The first kappa shape index (κ1) is 9.47. The van der Waals surface area contributed by atoms with Gasteiger partial charge >= 0.3 is 0 Å². The van der Waals surface area contributed by atoms with Crippen molar-refractivity contribution in [2.75, 3.05) is 6.61 Å². The number of hydrogen-bond acceptors (Lipinski definition) is 2. The van der Waals surface area contributed by atoms with E-state index >= 15 is 0 Å². The average Bonchev–Trinajstić information content (AvgIpc) is 2.35. The molecule has 0 amide bonds. The minimum absolute atomic E-state index is 0.113. The molecule has 76 valence electrons. The highest BCUT2D eigenvalue weighted by molar-refractivity contribution is 4.96. The summed E-state index contributed by atoms with van der Waals surface area (Å²) in [5.74, 6) is 0. The maximum absolute atomic E-state index is 5.91. The van der Waals surface area contributed by atoms with Crippen LogP contribution in [0.2, 0.25) is 0 Å². The van der Waals surface area contributed by atoms with E-state index in [0.717, 1.165) is 6.61 Å². The summed E-state index contributed by atoms with van der Waals surface area (Å²) >= 11 is 0. The van der Waals surface area contributed by atoms with Crippen LogP contribution in [0.15, 0.2) is 0 Å². The zero-order valence-corrected chi connectivity index (χ0v) is 8.81. The van der Waals surface area contributed by atoms with Gasteiger partial charge in [0.2, 0.25) is 0 Å². The molecule has 13 heavy (non-hydrogen) atoms. The lowest BCUT2D eigenvalue weighted by Crippen LogP contribution is -2.34. The van der Waals surface area contributed by atoms with E-state index in [1.165, 1.54) is 32.1 Å². The molecule has 2 nitrogen and oxygen atoms in total. The Bertz CT molecular complexity index is 192. The van der Waals surface area contributed by atoms with Gasteiger partial charge in [0.25, 0.3) is 0 Å². The normalized spacial score (nSPS) is 44.1. The second kappa shape index (κ2) is 2.96. The third-order valence-corrected chi connectivity index (χ3v) is 3.66. The zero-order chi connectivity index (χ0) is 9.53. The Kier molecular flexibility index (Phi) is 2.16. The fourth-order valence-corrected chi connectivity index (χ4v) is 2.93. The van der Waals surface area contributed by atoms with Crippen LogP contribution in [0.4, 0.5) is 0 Å². The van der Waals surface area contributed by atoms with E-state index in [1.54, 1.807) is 0 Å². The molecule has 1 aliphatic carbocycles. The Morgan fingerprint density at radius 3 is 2.31 bits per heavy atom. The van der Waals surface area contributed by atoms with Crippen LogP contribution in [0.25, 0.3) is 0 Å². The van der Waals surface area contributed by atoms with Gasteiger partial charge in [0, 0.05) is 6.04 Å². The van der Waals surface area contributed by atoms with Gasteiger partial charge in [-0.1, -0.05) is 0 Å². The Hall–Kier alpha value is -0.0800. The van der Waals surface area contributed by atoms with Gasteiger partial charge in [-0.25, -0.2) is 0 Å². The molecule has 0 bridgehead atoms. The highest BCUT2D eigenvalue weighted by Crippen LogP contribution is 2.48. The van der Waals surface area contributed by atoms with Crippen molar-refractivity contribution in [1.29, 1.82) is 0 Å². The molecule has 2 aliphatic rings. The Balaban J connectivity index is 2.00. The minimum atomic E-state index is 0.113. The molecule has 2 N–H and O–H groups in total. The van der Waals surface area contributed by atoms with Crippen LogP contribution in [0.3, 0.4) is 0 Å². The topological polar surface area (TPSA) is 35.2 Å². The summed E-state index contributed by atoms with van der Waals surface area (Å²) in [6.45, 7) is 5.37. The Labute approximate surface area is 80.8 Å². The molecule has 0 radical (unpaired) electrons. The molecule has 0 aromatic carbocycles. The standard InChI is InChI=1S/C11H21NO/c1-10(2)7-11(8-13-10)5-3-9(12)4-6-11/h9H,3-8,12H2,1-2H3. The third-order valence-electron chi connectivity index (χ3n) is 3.66. The van der Waals surface area contributed by atoms with Crippen LogP contribution in [-0.4, -0.2) is 18.2 Å². The fraction of sp³-hybridized carbons (Fsp3) is 1.00. The lowest BCUT2D eigenvalue weighted by molar-refractivity contribution is 0.0281. The Morgan fingerprint density at radius 1 is 1.23 bits per heavy atom. The summed E-state index contributed by atoms with van der Waals surface area (Å²) in [6.07, 6.45) is 6.17. The van der Waals surface area contributed by atoms with Gasteiger partial charge in [0.05, 0.1) is 12.2 Å². The van der Waals surface area contributed by atoms with E-state index in [1.807, 2.05) is 0 Å². The first-order valence-corrected chi connectivity index (χ1v) is 5.41. The first-order valence-electron chi connectivity index (χ1n) is 5.41. The summed E-state index contributed by atoms with van der Waals surface area (Å²) in [4.78, 5) is 0. The zero-order valence-electron chi connectivity index (χ0n) is 8.81. The maximum Gasteiger partial charge on any atom is 0.0632 e. The third kappa shape index (κ3) is 1.89. The number of hydrogen-bond donors (Lipinski definition) is 1. The van der Waals surface area contributed by atoms with Gasteiger partial charge in [-0.15, -0.1) is 0 Å². The molecule has 0 unspecified atom stereocenters. The van der Waals surface area contributed by atoms with E-state index in [9.17, 15) is 0 Å². The molecule has 1 saturated heterocycles. The molecule has 0 aromatic rings. The molecule has 2 heteroatoms. The predicted molar refractivity (Wildman–Crippen MR) is 53.5 cm³/mol. The summed E-state index contributed by atoms with van der Waals surface area (Å²) in [5, 5.41) is 0. The maximum atomic E-state index is 5.91. The van der Waals surface area contributed by atoms with Crippen molar-refractivity contribution in [1.82, 2.24) is 0 Å². The fourth-order valence-electron chi connectivity index (χ4n) is 2.93. The van der Waals surface area contributed by atoms with E-state index in [0.29, 0.717) is 11.5 Å². The molecule has 0 atom stereocenters. The average molecular weight is 183 g/mol. The molecule has 1 saturated carbocycles. The van der Waals surface area contributed by atoms with Crippen molar-refractivity contribution in [3.63, 3.8) is 0 Å². The van der Waals surface area contributed by atoms with Gasteiger partial charge in [-0.2, -0.15) is 0 Å². The number of nitrogens with two attached hydrogens (primary N) is 1. The van der Waals surface area contributed by atoms with Gasteiger partial charge in [-0.3, -0.25) is 0 Å². The molecular weight excluding hydrogens is 162 g/mol. The Morgan fingerprint density at radius 2 is 1.85 bits per heavy atom. The molecule has 1 heterocycles. The summed E-state index contributed by atoms with van der Waals surface area (Å²) in [7, 11) is 0. The quantitative estimate of drug-likeness (QED) is 0.624. The number of rotatable bonds is 0. The van der Waals surface area contributed by atoms with Crippen LogP contribution in [0, 0.1) is 5.41 Å². The van der Waals surface area contributed by atoms with Crippen molar-refractivity contribution < 1.29 is 4.74 Å². The van der Waals surface area contributed by atoms with Crippen molar-refractivity contribution in [2.45, 2.75) is 57.6 Å². The summed E-state index contributed by atoms with van der Waals surface area (Å²) < 4.78 is 5.83. The van der Waals surface area contributed by atoms with Gasteiger partial charge in [0.1, 0.15) is 0 Å². The van der Waals surface area contributed by atoms with Crippen LogP contribution >= 0.6 is 0 Å². The number of ether oxygens (including phenoxy) is 1. The second-order valence-electron chi connectivity index (χ2n) is 5.56. The van der Waals surface area contributed by atoms with Crippen LogP contribution < -0.4 is 5.73 Å². The largest absolute Gasteiger partial charge is 0.375 e. The van der Waals surface area contributed by atoms with E-state index in [2.05, 4.69) is 13.8 Å². The highest BCUT2D eigenvalue weighted by atomic mass is 16.5. The van der Waals surface area contributed by atoms with Crippen molar-refractivity contribution in [3.05, 3.63) is 0 Å². The van der Waals surface area contributed by atoms with Crippen molar-refractivity contribution >= 4 is 0 Å². The molecule has 1 spiro atoms. The summed E-state index contributed by atoms with van der Waals surface area (Å²) in [5.41, 5.74) is 6.51. The van der Waals surface area contributed by atoms with Crippen molar-refractivity contribution in [3.8, 4) is 0 Å². The monoisotopic (exact) mass is 183 g/mol. The molecule has 2 fully saturated rings. The highest BCUT2D eigenvalue weighted by Gasteiger charge is 2.45. The van der Waals surface area contributed by atoms with Gasteiger partial charge < -0.3 is 10.5 Å². The predicted octanol–water partition coefficient (Wildman–Crippen LogP) is 2.07. The lowest BCUT2D eigenvalue weighted by atomic mass is 9.70. The molecule has 1 aliphatic heterocycles. The lowest BCUT2D eigenvalue weighted by Gasteiger charge is -2.35.